The molecule has 0 aliphatic rings. The third-order valence-electron chi connectivity index (χ3n) is 2.46. The Balaban J connectivity index is 3.53. The average molecular weight is 272 g/mol. The number of hydrogen-bond acceptors (Lipinski definition) is 4. The van der Waals surface area contributed by atoms with E-state index in [2.05, 4.69) is 6.92 Å². The Bertz CT molecular complexity index is 266. The molecule has 4 heteroatoms. The van der Waals surface area contributed by atoms with Gasteiger partial charge in [0.25, 0.3) is 0 Å². The Hall–Kier alpha value is -1.06. The number of carbonyl (C=O) groups is 2. The summed E-state index contributed by atoms with van der Waals surface area (Å²) < 4.78 is 10.1. The lowest BCUT2D eigenvalue weighted by Gasteiger charge is -2.17. The molecule has 0 aliphatic heterocycles. The second kappa shape index (κ2) is 9.82. The molecule has 0 saturated carbocycles. The first-order valence-electron chi connectivity index (χ1n) is 7.16. The molecule has 112 valence electrons. The molecule has 0 aromatic heterocycles. The predicted molar refractivity (Wildman–Crippen MR) is 74.7 cm³/mol. The molecular weight excluding hydrogens is 244 g/mol. The van der Waals surface area contributed by atoms with E-state index in [0.29, 0.717) is 13.2 Å². The van der Waals surface area contributed by atoms with Gasteiger partial charge in [-0.15, -0.1) is 0 Å². The van der Waals surface area contributed by atoms with Gasteiger partial charge in [-0.1, -0.05) is 47.0 Å². The van der Waals surface area contributed by atoms with Crippen LogP contribution in [0.15, 0.2) is 0 Å². The Morgan fingerprint density at radius 2 is 1.47 bits per heavy atom. The van der Waals surface area contributed by atoms with Crippen LogP contribution in [-0.2, 0) is 19.1 Å². The van der Waals surface area contributed by atoms with Crippen molar-refractivity contribution < 1.29 is 19.1 Å². The molecule has 0 unspecified atom stereocenters. The first kappa shape index (κ1) is 17.9. The van der Waals surface area contributed by atoms with Crippen LogP contribution in [0.1, 0.15) is 66.2 Å². The van der Waals surface area contributed by atoms with Crippen molar-refractivity contribution in [1.29, 1.82) is 0 Å². The van der Waals surface area contributed by atoms with Crippen molar-refractivity contribution in [3.05, 3.63) is 0 Å². The number of hydrogen-bond donors (Lipinski definition) is 0. The van der Waals surface area contributed by atoms with Crippen molar-refractivity contribution in [2.45, 2.75) is 66.2 Å². The molecule has 0 atom stereocenters. The maximum absolute atomic E-state index is 11.4. The summed E-state index contributed by atoms with van der Waals surface area (Å²) in [6, 6.07) is 0. The van der Waals surface area contributed by atoms with Gasteiger partial charge in [0.05, 0.1) is 26.1 Å². The number of ether oxygens (including phenoxy) is 2. The van der Waals surface area contributed by atoms with Crippen LogP contribution < -0.4 is 0 Å². The Morgan fingerprint density at radius 3 is 2.00 bits per heavy atom. The van der Waals surface area contributed by atoms with Gasteiger partial charge in [-0.3, -0.25) is 9.59 Å². The van der Waals surface area contributed by atoms with Crippen molar-refractivity contribution in [2.24, 2.45) is 5.41 Å². The quantitative estimate of drug-likeness (QED) is 0.476. The van der Waals surface area contributed by atoms with E-state index in [0.717, 1.165) is 25.7 Å². The molecule has 0 radical (unpaired) electrons. The zero-order valence-electron chi connectivity index (χ0n) is 12.8. The van der Waals surface area contributed by atoms with Crippen LogP contribution in [0.4, 0.5) is 0 Å². The molecule has 0 fully saturated rings. The Labute approximate surface area is 116 Å². The fourth-order valence-corrected chi connectivity index (χ4v) is 1.36. The van der Waals surface area contributed by atoms with E-state index in [9.17, 15) is 9.59 Å². The summed E-state index contributed by atoms with van der Waals surface area (Å²) in [5.74, 6) is -0.651. The van der Waals surface area contributed by atoms with Gasteiger partial charge in [-0.2, -0.15) is 0 Å². The standard InChI is InChI=1S/C15H28O4/c1-5-6-7-8-11-18-13(16)9-10-14(17)19-12-15(2,3)4/h5-12H2,1-4H3. The summed E-state index contributed by atoms with van der Waals surface area (Å²) in [6.45, 7) is 8.93. The maximum atomic E-state index is 11.4. The SMILES string of the molecule is CCCCCCOC(=O)CCC(=O)OCC(C)(C)C. The van der Waals surface area contributed by atoms with Crippen LogP contribution in [0.5, 0.6) is 0 Å². The Morgan fingerprint density at radius 1 is 0.895 bits per heavy atom. The zero-order valence-corrected chi connectivity index (χ0v) is 12.8. The van der Waals surface area contributed by atoms with Crippen LogP contribution in [-0.4, -0.2) is 25.2 Å². The molecule has 0 aromatic rings. The van der Waals surface area contributed by atoms with Crippen LogP contribution in [0.3, 0.4) is 0 Å². The molecule has 0 saturated heterocycles. The maximum Gasteiger partial charge on any atom is 0.306 e. The van der Waals surface area contributed by atoms with Gasteiger partial charge in [-0.05, 0) is 11.8 Å². The molecule has 0 bridgehead atoms. The molecule has 4 nitrogen and oxygen atoms in total. The molecular formula is C15H28O4. The summed E-state index contributed by atoms with van der Waals surface area (Å²) in [5.41, 5.74) is -0.0462. The lowest BCUT2D eigenvalue weighted by molar-refractivity contribution is -0.151. The normalized spacial score (nSPS) is 11.2. The highest BCUT2D eigenvalue weighted by molar-refractivity contribution is 5.77. The minimum Gasteiger partial charge on any atom is -0.466 e. The molecule has 19 heavy (non-hydrogen) atoms. The average Bonchev–Trinajstić information content (AvgIpc) is 2.32. The second-order valence-electron chi connectivity index (χ2n) is 6.00. The third kappa shape index (κ3) is 13.2. The van der Waals surface area contributed by atoms with Gasteiger partial charge in [0.1, 0.15) is 0 Å². The summed E-state index contributed by atoms with van der Waals surface area (Å²) in [4.78, 5) is 22.7. The zero-order chi connectivity index (χ0) is 14.7. The van der Waals surface area contributed by atoms with Gasteiger partial charge in [-0.25, -0.2) is 0 Å². The van der Waals surface area contributed by atoms with Gasteiger partial charge >= 0.3 is 11.9 Å². The van der Waals surface area contributed by atoms with Crippen molar-refractivity contribution in [3.8, 4) is 0 Å². The van der Waals surface area contributed by atoms with Crippen molar-refractivity contribution in [2.75, 3.05) is 13.2 Å². The highest BCUT2D eigenvalue weighted by Crippen LogP contribution is 2.13. The lowest BCUT2D eigenvalue weighted by Crippen LogP contribution is -2.19. The monoisotopic (exact) mass is 272 g/mol. The van der Waals surface area contributed by atoms with Crippen LogP contribution in [0.25, 0.3) is 0 Å². The van der Waals surface area contributed by atoms with E-state index in [4.69, 9.17) is 9.47 Å². The highest BCUT2D eigenvalue weighted by atomic mass is 16.5. The fraction of sp³-hybridized carbons (Fsp3) is 0.867. The molecule has 0 spiro atoms. The lowest BCUT2D eigenvalue weighted by atomic mass is 9.99. The molecule has 0 aliphatic carbocycles. The van der Waals surface area contributed by atoms with E-state index in [1.165, 1.54) is 0 Å². The molecule has 0 heterocycles. The first-order valence-corrected chi connectivity index (χ1v) is 7.16. The second-order valence-corrected chi connectivity index (χ2v) is 6.00. The van der Waals surface area contributed by atoms with E-state index >= 15 is 0 Å². The predicted octanol–water partition coefficient (Wildman–Crippen LogP) is 3.48. The number of unbranched alkanes of at least 4 members (excludes halogenated alkanes) is 3. The van der Waals surface area contributed by atoms with E-state index in [1.54, 1.807) is 0 Å². The third-order valence-corrected chi connectivity index (χ3v) is 2.46. The smallest absolute Gasteiger partial charge is 0.306 e. The number of rotatable bonds is 9. The van der Waals surface area contributed by atoms with Crippen LogP contribution >= 0.6 is 0 Å². The topological polar surface area (TPSA) is 52.6 Å². The van der Waals surface area contributed by atoms with Crippen molar-refractivity contribution in [1.82, 2.24) is 0 Å². The number of esters is 2. The van der Waals surface area contributed by atoms with Gasteiger partial charge < -0.3 is 9.47 Å². The summed E-state index contributed by atoms with van der Waals surface area (Å²) >= 11 is 0. The van der Waals surface area contributed by atoms with Gasteiger partial charge in [0.15, 0.2) is 0 Å². The largest absolute Gasteiger partial charge is 0.466 e. The highest BCUT2D eigenvalue weighted by Gasteiger charge is 2.14. The molecule has 0 N–H and O–H groups in total. The van der Waals surface area contributed by atoms with Crippen LogP contribution in [0.2, 0.25) is 0 Å². The van der Waals surface area contributed by atoms with Gasteiger partial charge in [0, 0.05) is 0 Å². The van der Waals surface area contributed by atoms with E-state index in [1.807, 2.05) is 20.8 Å². The minimum atomic E-state index is -0.335. The Kier molecular flexibility index (Phi) is 9.27. The van der Waals surface area contributed by atoms with E-state index in [-0.39, 0.29) is 30.2 Å². The van der Waals surface area contributed by atoms with E-state index < -0.39 is 0 Å². The summed E-state index contributed by atoms with van der Waals surface area (Å²) in [6.07, 6.45) is 4.51. The summed E-state index contributed by atoms with van der Waals surface area (Å²) in [5, 5.41) is 0. The molecule has 0 aromatic carbocycles. The number of carbonyl (C=O) groups excluding carboxylic acids is 2. The van der Waals surface area contributed by atoms with Crippen molar-refractivity contribution in [3.63, 3.8) is 0 Å². The minimum absolute atomic E-state index is 0.0462. The molecule has 0 amide bonds. The van der Waals surface area contributed by atoms with Crippen molar-refractivity contribution >= 4 is 11.9 Å². The van der Waals surface area contributed by atoms with Crippen LogP contribution in [0, 0.1) is 5.41 Å². The fourth-order valence-electron chi connectivity index (χ4n) is 1.36. The van der Waals surface area contributed by atoms with Gasteiger partial charge in [0.2, 0.25) is 0 Å². The molecule has 0 rings (SSSR count). The summed E-state index contributed by atoms with van der Waals surface area (Å²) in [7, 11) is 0. The first-order chi connectivity index (χ1) is 8.85.